The molecule has 0 unspecified atom stereocenters. The average molecular weight is 273 g/mol. The molecule has 2 nitrogen and oxygen atoms in total. The summed E-state index contributed by atoms with van der Waals surface area (Å²) in [5.41, 5.74) is 0.823. The van der Waals surface area contributed by atoms with Crippen LogP contribution in [-0.4, -0.2) is 9.97 Å². The second kappa shape index (κ2) is 4.98. The third-order valence-corrected chi connectivity index (χ3v) is 3.28. The first-order valence-electron chi connectivity index (χ1n) is 4.68. The Morgan fingerprint density at radius 2 is 2.00 bits per heavy atom. The van der Waals surface area contributed by atoms with Crippen molar-refractivity contribution < 1.29 is 8.78 Å². The fourth-order valence-electron chi connectivity index (χ4n) is 1.16. The average Bonchev–Trinajstić information content (AvgIpc) is 2.29. The smallest absolute Gasteiger partial charge is 0.223 e. The van der Waals surface area contributed by atoms with Crippen molar-refractivity contribution in [1.29, 1.82) is 0 Å². The maximum atomic E-state index is 13.0. The summed E-state index contributed by atoms with van der Waals surface area (Å²) in [6.45, 7) is 1.82. The zero-order valence-corrected chi connectivity index (χ0v) is 10.3. The lowest BCUT2D eigenvalue weighted by Crippen LogP contribution is -1.90. The van der Waals surface area contributed by atoms with Crippen LogP contribution < -0.4 is 0 Å². The van der Waals surface area contributed by atoms with E-state index in [0.29, 0.717) is 9.92 Å². The maximum absolute atomic E-state index is 13.0. The van der Waals surface area contributed by atoms with Gasteiger partial charge in [-0.25, -0.2) is 18.7 Å². The molecule has 0 bridgehead atoms. The maximum Gasteiger partial charge on any atom is 0.223 e. The number of halogens is 3. The molecule has 0 aliphatic heterocycles. The highest BCUT2D eigenvalue weighted by Crippen LogP contribution is 2.29. The van der Waals surface area contributed by atoms with Crippen molar-refractivity contribution in [2.45, 2.75) is 16.8 Å². The summed E-state index contributed by atoms with van der Waals surface area (Å²) in [6, 6.07) is 3.68. The summed E-state index contributed by atoms with van der Waals surface area (Å²) in [4.78, 5) is 8.40. The van der Waals surface area contributed by atoms with Crippen molar-refractivity contribution in [2.24, 2.45) is 0 Å². The van der Waals surface area contributed by atoms with E-state index in [1.54, 1.807) is 6.20 Å². The quantitative estimate of drug-likeness (QED) is 0.613. The first-order valence-corrected chi connectivity index (χ1v) is 5.88. The van der Waals surface area contributed by atoms with E-state index >= 15 is 0 Å². The molecule has 1 heterocycles. The molecule has 0 fully saturated rings. The number of benzene rings is 1. The molecule has 0 spiro atoms. The van der Waals surface area contributed by atoms with Crippen LogP contribution in [0.1, 0.15) is 5.56 Å². The Hall–Kier alpha value is -1.20. The van der Waals surface area contributed by atoms with Crippen molar-refractivity contribution in [3.05, 3.63) is 46.9 Å². The van der Waals surface area contributed by atoms with Crippen molar-refractivity contribution >= 4 is 23.4 Å². The van der Waals surface area contributed by atoms with Gasteiger partial charge in [-0.3, -0.25) is 0 Å². The van der Waals surface area contributed by atoms with Gasteiger partial charge in [-0.05, 0) is 36.7 Å². The van der Waals surface area contributed by atoms with Gasteiger partial charge in [0, 0.05) is 16.7 Å². The van der Waals surface area contributed by atoms with E-state index in [0.717, 1.165) is 17.7 Å². The topological polar surface area (TPSA) is 25.8 Å². The zero-order chi connectivity index (χ0) is 12.4. The normalized spacial score (nSPS) is 10.6. The van der Waals surface area contributed by atoms with Gasteiger partial charge in [-0.1, -0.05) is 11.8 Å². The minimum absolute atomic E-state index is 0.126. The Kier molecular flexibility index (Phi) is 3.59. The number of rotatable bonds is 2. The first kappa shape index (κ1) is 12.3. The number of nitrogens with zero attached hydrogens (tertiary/aromatic N) is 2. The van der Waals surface area contributed by atoms with Gasteiger partial charge in [0.1, 0.15) is 5.03 Å². The van der Waals surface area contributed by atoms with Crippen LogP contribution in [0.3, 0.4) is 0 Å². The van der Waals surface area contributed by atoms with Crippen molar-refractivity contribution in [1.82, 2.24) is 9.97 Å². The highest BCUT2D eigenvalue weighted by Gasteiger charge is 2.07. The molecule has 2 aromatic rings. The van der Waals surface area contributed by atoms with Crippen LogP contribution in [0.15, 0.2) is 34.3 Å². The molecule has 2 rings (SSSR count). The highest BCUT2D eigenvalue weighted by molar-refractivity contribution is 7.99. The van der Waals surface area contributed by atoms with Crippen LogP contribution in [0, 0.1) is 18.6 Å². The minimum atomic E-state index is -0.882. The second-order valence-electron chi connectivity index (χ2n) is 3.31. The number of aryl methyl sites for hydroxylation is 1. The Morgan fingerprint density at radius 3 is 2.71 bits per heavy atom. The third kappa shape index (κ3) is 2.92. The van der Waals surface area contributed by atoms with E-state index in [4.69, 9.17) is 11.6 Å². The summed E-state index contributed by atoms with van der Waals surface area (Å²) in [5.74, 6) is -1.75. The standard InChI is InChI=1S/C11H7ClF2N2S/c1-6-5-15-11(12)16-10(6)17-7-2-3-8(13)9(14)4-7/h2-5H,1H3. The van der Waals surface area contributed by atoms with Gasteiger partial charge in [0.2, 0.25) is 5.28 Å². The molecule has 0 aliphatic rings. The van der Waals surface area contributed by atoms with Crippen molar-refractivity contribution in [2.75, 3.05) is 0 Å². The van der Waals surface area contributed by atoms with Gasteiger partial charge in [-0.2, -0.15) is 0 Å². The van der Waals surface area contributed by atoms with Crippen molar-refractivity contribution in [3.63, 3.8) is 0 Å². The van der Waals surface area contributed by atoms with Gasteiger partial charge in [-0.15, -0.1) is 0 Å². The fraction of sp³-hybridized carbons (Fsp3) is 0.0909. The summed E-state index contributed by atoms with van der Waals surface area (Å²) < 4.78 is 25.8. The second-order valence-corrected chi connectivity index (χ2v) is 4.71. The predicted octanol–water partition coefficient (Wildman–Crippen LogP) is 3.87. The monoisotopic (exact) mass is 272 g/mol. The summed E-state index contributed by atoms with van der Waals surface area (Å²) in [7, 11) is 0. The Bertz CT molecular complexity index is 563. The molecule has 0 radical (unpaired) electrons. The Morgan fingerprint density at radius 1 is 1.24 bits per heavy atom. The molecule has 6 heteroatoms. The summed E-state index contributed by atoms with van der Waals surface area (Å²) in [6.07, 6.45) is 1.58. The molecule has 0 saturated heterocycles. The predicted molar refractivity (Wildman–Crippen MR) is 62.3 cm³/mol. The minimum Gasteiger partial charge on any atom is -0.226 e. The molecule has 1 aromatic heterocycles. The van der Waals surface area contributed by atoms with E-state index in [1.165, 1.54) is 17.8 Å². The number of hydrogen-bond acceptors (Lipinski definition) is 3. The van der Waals surface area contributed by atoms with Crippen LogP contribution in [0.4, 0.5) is 8.78 Å². The van der Waals surface area contributed by atoms with E-state index in [-0.39, 0.29) is 5.28 Å². The van der Waals surface area contributed by atoms with Crippen LogP contribution in [-0.2, 0) is 0 Å². The molecule has 1 aromatic carbocycles. The van der Waals surface area contributed by atoms with Crippen LogP contribution in [0.2, 0.25) is 5.28 Å². The van der Waals surface area contributed by atoms with Gasteiger partial charge in [0.05, 0.1) is 0 Å². The van der Waals surface area contributed by atoms with E-state index in [9.17, 15) is 8.78 Å². The first-order chi connectivity index (χ1) is 8.06. The van der Waals surface area contributed by atoms with Gasteiger partial charge in [0.15, 0.2) is 11.6 Å². The van der Waals surface area contributed by atoms with Crippen LogP contribution >= 0.6 is 23.4 Å². The summed E-state index contributed by atoms with van der Waals surface area (Å²) >= 11 is 6.88. The number of hydrogen-bond donors (Lipinski definition) is 0. The molecule has 88 valence electrons. The zero-order valence-electron chi connectivity index (χ0n) is 8.75. The molecule has 0 saturated carbocycles. The highest BCUT2D eigenvalue weighted by atomic mass is 35.5. The molecular weight excluding hydrogens is 266 g/mol. The molecule has 0 atom stereocenters. The molecule has 17 heavy (non-hydrogen) atoms. The third-order valence-electron chi connectivity index (χ3n) is 2.00. The van der Waals surface area contributed by atoms with Crippen LogP contribution in [0.5, 0.6) is 0 Å². The van der Waals surface area contributed by atoms with Crippen LogP contribution in [0.25, 0.3) is 0 Å². The van der Waals surface area contributed by atoms with Gasteiger partial charge < -0.3 is 0 Å². The Balaban J connectivity index is 2.31. The van der Waals surface area contributed by atoms with Gasteiger partial charge in [0.25, 0.3) is 0 Å². The lowest BCUT2D eigenvalue weighted by Gasteiger charge is -2.04. The molecule has 0 amide bonds. The number of aromatic nitrogens is 2. The largest absolute Gasteiger partial charge is 0.226 e. The Labute approximate surface area is 106 Å². The lowest BCUT2D eigenvalue weighted by atomic mass is 10.3. The summed E-state index contributed by atoms with van der Waals surface area (Å²) in [5, 5.41) is 0.747. The van der Waals surface area contributed by atoms with Gasteiger partial charge >= 0.3 is 0 Å². The molecular formula is C11H7ClF2N2S. The SMILES string of the molecule is Cc1cnc(Cl)nc1Sc1ccc(F)c(F)c1. The van der Waals surface area contributed by atoms with E-state index in [2.05, 4.69) is 9.97 Å². The van der Waals surface area contributed by atoms with Crippen molar-refractivity contribution in [3.8, 4) is 0 Å². The van der Waals surface area contributed by atoms with E-state index in [1.807, 2.05) is 6.92 Å². The molecule has 0 N–H and O–H groups in total. The van der Waals surface area contributed by atoms with E-state index < -0.39 is 11.6 Å². The molecule has 0 aliphatic carbocycles. The lowest BCUT2D eigenvalue weighted by molar-refractivity contribution is 0.506. The fourth-order valence-corrected chi connectivity index (χ4v) is 2.21.